The molecule has 1 saturated carbocycles. The number of hydrogen-bond donors (Lipinski definition) is 4. The number of anilines is 1. The number of aromatic nitrogens is 2. The van der Waals surface area contributed by atoms with Gasteiger partial charge in [0.25, 0.3) is 5.91 Å². The first-order valence-electron chi connectivity index (χ1n) is 13.8. The highest BCUT2D eigenvalue weighted by molar-refractivity contribution is 6.03. The van der Waals surface area contributed by atoms with Crippen molar-refractivity contribution in [3.8, 4) is 5.69 Å². The van der Waals surface area contributed by atoms with E-state index >= 15 is 4.39 Å². The lowest BCUT2D eigenvalue weighted by Crippen LogP contribution is -2.25. The summed E-state index contributed by atoms with van der Waals surface area (Å²) >= 11 is 0. The minimum atomic E-state index is -4.79. The Balaban J connectivity index is 1.33. The van der Waals surface area contributed by atoms with Crippen molar-refractivity contribution < 1.29 is 22.4 Å². The van der Waals surface area contributed by atoms with E-state index in [2.05, 4.69) is 33.2 Å². The molecule has 218 valence electrons. The topological polar surface area (TPSA) is 107 Å². The van der Waals surface area contributed by atoms with Gasteiger partial charge >= 0.3 is 6.18 Å². The number of alkyl halides is 3. The van der Waals surface area contributed by atoms with Crippen molar-refractivity contribution in [2.45, 2.75) is 37.6 Å². The summed E-state index contributed by atoms with van der Waals surface area (Å²) in [6, 6.07) is 19.7. The van der Waals surface area contributed by atoms with E-state index in [9.17, 15) is 18.0 Å². The first-order chi connectivity index (χ1) is 20.2. The normalized spacial score (nSPS) is 17.2. The number of rotatable bonds is 10. The molecule has 0 radical (unpaired) electrons. The summed E-state index contributed by atoms with van der Waals surface area (Å²) in [5, 5.41) is 13.0. The molecule has 1 saturated heterocycles. The van der Waals surface area contributed by atoms with Gasteiger partial charge in [-0.1, -0.05) is 42.5 Å². The molecule has 6 rings (SSSR count). The van der Waals surface area contributed by atoms with Crippen molar-refractivity contribution in [1.82, 2.24) is 20.4 Å². The highest BCUT2D eigenvalue weighted by Gasteiger charge is 2.36. The van der Waals surface area contributed by atoms with Crippen molar-refractivity contribution in [2.75, 3.05) is 18.4 Å². The monoisotopic (exact) mass is 578 g/mol. The molecule has 2 unspecified atom stereocenters. The van der Waals surface area contributed by atoms with Crippen LogP contribution in [0.3, 0.4) is 0 Å². The van der Waals surface area contributed by atoms with E-state index in [4.69, 9.17) is 5.73 Å². The Hall–Kier alpha value is -4.06. The summed E-state index contributed by atoms with van der Waals surface area (Å²) < 4.78 is 56.8. The zero-order chi connectivity index (χ0) is 29.4. The first-order valence-corrected chi connectivity index (χ1v) is 13.8. The molecule has 2 heterocycles. The van der Waals surface area contributed by atoms with Gasteiger partial charge in [-0.05, 0) is 71.8 Å². The van der Waals surface area contributed by atoms with Crippen molar-refractivity contribution >= 4 is 11.6 Å². The molecule has 5 N–H and O–H groups in total. The average molecular weight is 579 g/mol. The third-order valence-corrected chi connectivity index (χ3v) is 7.56. The first kappa shape index (κ1) is 28.1. The third kappa shape index (κ3) is 6.23. The highest BCUT2D eigenvalue weighted by Crippen LogP contribution is 2.34. The van der Waals surface area contributed by atoms with Gasteiger partial charge in [0.1, 0.15) is 11.5 Å². The van der Waals surface area contributed by atoms with Gasteiger partial charge in [-0.15, -0.1) is 0 Å². The Morgan fingerprint density at radius 3 is 2.52 bits per heavy atom. The SMILES string of the molecule is NCc1cccc(-n2nc(C(F)(F)F)cc2C(=O)Nc2cc(C(NCC3CC3)c3cccc(C4CN4)c3)ccc2F)c1. The number of nitrogens with zero attached hydrogens (tertiary/aromatic N) is 2. The van der Waals surface area contributed by atoms with Crippen LogP contribution in [0.4, 0.5) is 23.2 Å². The third-order valence-electron chi connectivity index (χ3n) is 7.56. The van der Waals surface area contributed by atoms with Crippen LogP contribution in [-0.2, 0) is 12.7 Å². The minimum absolute atomic E-state index is 0.146. The Morgan fingerprint density at radius 1 is 1.05 bits per heavy atom. The van der Waals surface area contributed by atoms with Crippen molar-refractivity contribution in [3.05, 3.63) is 112 Å². The second-order valence-electron chi connectivity index (χ2n) is 10.8. The van der Waals surface area contributed by atoms with E-state index in [1.807, 2.05) is 12.1 Å². The molecule has 2 atom stereocenters. The van der Waals surface area contributed by atoms with Crippen LogP contribution >= 0.6 is 0 Å². The summed E-state index contributed by atoms with van der Waals surface area (Å²) in [6.07, 6.45) is -2.49. The van der Waals surface area contributed by atoms with Gasteiger partial charge in [-0.2, -0.15) is 18.3 Å². The maximum Gasteiger partial charge on any atom is 0.435 e. The quantitative estimate of drug-likeness (QED) is 0.147. The maximum atomic E-state index is 15.1. The van der Waals surface area contributed by atoms with Crippen LogP contribution in [0.5, 0.6) is 0 Å². The molecular weight excluding hydrogens is 548 g/mol. The molecule has 1 aliphatic heterocycles. The van der Waals surface area contributed by atoms with E-state index < -0.39 is 29.3 Å². The van der Waals surface area contributed by atoms with Crippen molar-refractivity contribution in [3.63, 3.8) is 0 Å². The van der Waals surface area contributed by atoms with Crippen LogP contribution in [0.1, 0.15) is 63.4 Å². The Bertz CT molecular complexity index is 1610. The molecule has 4 aromatic rings. The molecule has 7 nitrogen and oxygen atoms in total. The fourth-order valence-corrected chi connectivity index (χ4v) is 4.98. The summed E-state index contributed by atoms with van der Waals surface area (Å²) in [6.45, 7) is 1.85. The van der Waals surface area contributed by atoms with E-state index in [-0.39, 0.29) is 24.0 Å². The molecule has 3 aromatic carbocycles. The molecule has 0 spiro atoms. The predicted octanol–water partition coefficient (Wildman–Crippen LogP) is 5.47. The van der Waals surface area contributed by atoms with Crippen LogP contribution < -0.4 is 21.7 Å². The van der Waals surface area contributed by atoms with E-state index in [0.717, 1.165) is 41.7 Å². The van der Waals surface area contributed by atoms with Gasteiger partial charge in [-0.25, -0.2) is 9.07 Å². The van der Waals surface area contributed by atoms with Gasteiger partial charge in [0.15, 0.2) is 5.69 Å². The second kappa shape index (κ2) is 11.3. The molecule has 42 heavy (non-hydrogen) atoms. The van der Waals surface area contributed by atoms with Gasteiger partial charge in [0, 0.05) is 25.2 Å². The molecule has 1 amide bonds. The molecule has 1 aliphatic carbocycles. The van der Waals surface area contributed by atoms with Gasteiger partial charge in [0.05, 0.1) is 17.4 Å². The average Bonchev–Trinajstić information content (AvgIpc) is 3.92. The summed E-state index contributed by atoms with van der Waals surface area (Å²) in [4.78, 5) is 13.4. The van der Waals surface area contributed by atoms with E-state index in [1.165, 1.54) is 18.2 Å². The number of hydrogen-bond acceptors (Lipinski definition) is 5. The molecule has 0 bridgehead atoms. The van der Waals surface area contributed by atoms with Crippen LogP contribution in [0, 0.1) is 11.7 Å². The Kier molecular flexibility index (Phi) is 7.56. The minimum Gasteiger partial charge on any atom is -0.326 e. The van der Waals surface area contributed by atoms with E-state index in [1.54, 1.807) is 24.3 Å². The number of nitrogens with two attached hydrogens (primary N) is 1. The number of amides is 1. The maximum absolute atomic E-state index is 15.1. The molecule has 2 aliphatic rings. The predicted molar refractivity (Wildman–Crippen MR) is 151 cm³/mol. The van der Waals surface area contributed by atoms with Gasteiger partial charge in [-0.3, -0.25) is 4.79 Å². The summed E-state index contributed by atoms with van der Waals surface area (Å²) in [5.41, 5.74) is 7.66. The van der Waals surface area contributed by atoms with Gasteiger partial charge < -0.3 is 21.7 Å². The molecule has 11 heteroatoms. The van der Waals surface area contributed by atoms with Gasteiger partial charge in [0.2, 0.25) is 0 Å². The number of carbonyl (C=O) groups is 1. The van der Waals surface area contributed by atoms with Crippen molar-refractivity contribution in [2.24, 2.45) is 11.7 Å². The van der Waals surface area contributed by atoms with Crippen LogP contribution in [0.15, 0.2) is 72.8 Å². The number of carbonyl (C=O) groups excluding carboxylic acids is 1. The lowest BCUT2D eigenvalue weighted by molar-refractivity contribution is -0.141. The fourth-order valence-electron chi connectivity index (χ4n) is 4.98. The van der Waals surface area contributed by atoms with E-state index in [0.29, 0.717) is 29.2 Å². The Labute approximate surface area is 240 Å². The zero-order valence-corrected chi connectivity index (χ0v) is 22.6. The van der Waals surface area contributed by atoms with Crippen LogP contribution in [0.25, 0.3) is 5.69 Å². The lowest BCUT2D eigenvalue weighted by Gasteiger charge is -2.22. The van der Waals surface area contributed by atoms with Crippen LogP contribution in [0.2, 0.25) is 0 Å². The summed E-state index contributed by atoms with van der Waals surface area (Å²) in [7, 11) is 0. The van der Waals surface area contributed by atoms with Crippen molar-refractivity contribution in [1.29, 1.82) is 0 Å². The summed E-state index contributed by atoms with van der Waals surface area (Å²) in [5.74, 6) is -1.06. The second-order valence-corrected chi connectivity index (χ2v) is 10.8. The number of halogens is 4. The number of benzene rings is 3. The zero-order valence-electron chi connectivity index (χ0n) is 22.6. The molecular formula is C31H30F4N6O. The fraction of sp³-hybridized carbons (Fsp3) is 0.290. The standard InChI is InChI=1S/C31H30F4N6O/c32-24-10-9-22(29(38-16-18-7-8-18)21-5-2-4-20(12-21)26-17-37-26)13-25(24)39-30(42)27-14-28(31(33,34)35)40-41(27)23-6-1-3-19(11-23)15-36/h1-6,9-14,18,26,29,37-38H,7-8,15-17,36H2,(H,39,42). The largest absolute Gasteiger partial charge is 0.435 e. The molecule has 1 aromatic heterocycles. The smallest absolute Gasteiger partial charge is 0.326 e. The lowest BCUT2D eigenvalue weighted by atomic mass is 9.95. The number of nitrogens with one attached hydrogen (secondary N) is 3. The Morgan fingerprint density at radius 2 is 1.81 bits per heavy atom. The van der Waals surface area contributed by atoms with Crippen LogP contribution in [-0.4, -0.2) is 28.8 Å². The highest BCUT2D eigenvalue weighted by atomic mass is 19.4. The molecule has 2 fully saturated rings.